The molecule has 16 heavy (non-hydrogen) atoms. The molecule has 4 atom stereocenters. The first kappa shape index (κ1) is 12.4. The van der Waals surface area contributed by atoms with E-state index in [2.05, 4.69) is 33.1 Å². The largest absolute Gasteiger partial charge is 0.317 e. The molecule has 2 aliphatic rings. The van der Waals surface area contributed by atoms with Gasteiger partial charge in [-0.2, -0.15) is 0 Å². The van der Waals surface area contributed by atoms with Gasteiger partial charge >= 0.3 is 0 Å². The summed E-state index contributed by atoms with van der Waals surface area (Å²) < 4.78 is 0. The van der Waals surface area contributed by atoms with E-state index in [0.29, 0.717) is 11.5 Å². The molecule has 2 aliphatic carbocycles. The van der Waals surface area contributed by atoms with Crippen molar-refractivity contribution in [3.8, 4) is 0 Å². The van der Waals surface area contributed by atoms with Gasteiger partial charge in [0.15, 0.2) is 0 Å². The normalized spacial score (nSPS) is 35.6. The molecule has 0 amide bonds. The number of fused-ring (bicyclic) bond motifs is 2. The van der Waals surface area contributed by atoms with Gasteiger partial charge in [0.1, 0.15) is 0 Å². The molecule has 94 valence electrons. The van der Waals surface area contributed by atoms with Crippen LogP contribution >= 0.6 is 0 Å². The van der Waals surface area contributed by atoms with Gasteiger partial charge in [-0.05, 0) is 69.2 Å². The second-order valence-electron chi connectivity index (χ2n) is 7.20. The number of nitrogens with one attached hydrogen (secondary N) is 1. The summed E-state index contributed by atoms with van der Waals surface area (Å²) in [5, 5.41) is 3.38. The zero-order valence-corrected chi connectivity index (χ0v) is 11.6. The van der Waals surface area contributed by atoms with Crippen LogP contribution in [0, 0.1) is 23.2 Å². The maximum absolute atomic E-state index is 3.38. The lowest BCUT2D eigenvalue weighted by molar-refractivity contribution is 0.183. The third-order valence-electron chi connectivity index (χ3n) is 5.05. The topological polar surface area (TPSA) is 12.0 Å². The maximum Gasteiger partial charge on any atom is 0.00408 e. The van der Waals surface area contributed by atoms with Crippen molar-refractivity contribution in [1.82, 2.24) is 5.32 Å². The quantitative estimate of drug-likeness (QED) is 0.747. The molecule has 1 N–H and O–H groups in total. The Balaban J connectivity index is 1.84. The molecule has 0 heterocycles. The average molecular weight is 223 g/mol. The van der Waals surface area contributed by atoms with Crippen LogP contribution in [-0.4, -0.2) is 13.1 Å². The van der Waals surface area contributed by atoms with Crippen LogP contribution in [0.15, 0.2) is 0 Å². The lowest BCUT2D eigenvalue weighted by Gasteiger charge is -2.34. The molecular weight excluding hydrogens is 194 g/mol. The maximum atomic E-state index is 3.38. The van der Waals surface area contributed by atoms with Crippen LogP contribution in [0.1, 0.15) is 59.3 Å². The molecule has 0 aliphatic heterocycles. The van der Waals surface area contributed by atoms with Gasteiger partial charge < -0.3 is 5.32 Å². The molecule has 0 spiro atoms. The van der Waals surface area contributed by atoms with Crippen molar-refractivity contribution < 1.29 is 0 Å². The third kappa shape index (κ3) is 2.80. The third-order valence-corrected chi connectivity index (χ3v) is 5.05. The Labute approximate surface area is 101 Å². The van der Waals surface area contributed by atoms with Crippen LogP contribution in [-0.2, 0) is 0 Å². The van der Waals surface area contributed by atoms with Gasteiger partial charge in [0.2, 0.25) is 0 Å². The molecule has 1 heteroatoms. The van der Waals surface area contributed by atoms with Crippen molar-refractivity contribution in [3.05, 3.63) is 0 Å². The van der Waals surface area contributed by atoms with Crippen LogP contribution in [0.3, 0.4) is 0 Å². The Morgan fingerprint density at radius 3 is 2.50 bits per heavy atom. The Bertz CT molecular complexity index is 234. The minimum absolute atomic E-state index is 0.525. The highest BCUT2D eigenvalue weighted by Crippen LogP contribution is 2.52. The minimum Gasteiger partial charge on any atom is -0.317 e. The fourth-order valence-electron chi connectivity index (χ4n) is 4.35. The van der Waals surface area contributed by atoms with E-state index in [1.54, 1.807) is 12.8 Å². The molecule has 2 fully saturated rings. The van der Waals surface area contributed by atoms with E-state index in [9.17, 15) is 0 Å². The van der Waals surface area contributed by atoms with E-state index in [0.717, 1.165) is 17.8 Å². The van der Waals surface area contributed by atoms with Gasteiger partial charge in [0.25, 0.3) is 0 Å². The van der Waals surface area contributed by atoms with Crippen molar-refractivity contribution in [2.45, 2.75) is 65.3 Å². The summed E-state index contributed by atoms with van der Waals surface area (Å²) in [6.07, 6.45) is 8.95. The average Bonchev–Trinajstić information content (AvgIpc) is 2.77. The zero-order valence-electron chi connectivity index (χ0n) is 11.6. The minimum atomic E-state index is 0.525. The van der Waals surface area contributed by atoms with E-state index in [1.807, 2.05) is 0 Å². The van der Waals surface area contributed by atoms with Crippen LogP contribution in [0.5, 0.6) is 0 Å². The van der Waals surface area contributed by atoms with Crippen molar-refractivity contribution in [2.75, 3.05) is 7.05 Å². The molecule has 0 aromatic rings. The summed E-state index contributed by atoms with van der Waals surface area (Å²) in [5.41, 5.74) is 0.525. The van der Waals surface area contributed by atoms with Crippen molar-refractivity contribution in [2.24, 2.45) is 23.2 Å². The first-order chi connectivity index (χ1) is 7.50. The smallest absolute Gasteiger partial charge is 0.00408 e. The van der Waals surface area contributed by atoms with Gasteiger partial charge in [-0.1, -0.05) is 20.3 Å². The first-order valence-corrected chi connectivity index (χ1v) is 7.17. The fourth-order valence-corrected chi connectivity index (χ4v) is 4.35. The SMILES string of the molecule is CNC(C)CC(C)(C)CC1CC2CCC1C2. The summed E-state index contributed by atoms with van der Waals surface area (Å²) in [6, 6.07) is 0.661. The predicted octanol–water partition coefficient (Wildman–Crippen LogP) is 3.84. The van der Waals surface area contributed by atoms with E-state index in [-0.39, 0.29) is 0 Å². The summed E-state index contributed by atoms with van der Waals surface area (Å²) >= 11 is 0. The van der Waals surface area contributed by atoms with E-state index >= 15 is 0 Å². The van der Waals surface area contributed by atoms with Gasteiger partial charge in [0.05, 0.1) is 0 Å². The van der Waals surface area contributed by atoms with Crippen molar-refractivity contribution in [1.29, 1.82) is 0 Å². The number of hydrogen-bond acceptors (Lipinski definition) is 1. The standard InChI is InChI=1S/C15H29N/c1-11(16-4)9-15(2,3)10-14-8-12-5-6-13(14)7-12/h11-14,16H,5-10H2,1-4H3. The molecule has 0 aromatic carbocycles. The Morgan fingerprint density at radius 2 is 2.00 bits per heavy atom. The van der Waals surface area contributed by atoms with E-state index in [4.69, 9.17) is 0 Å². The number of hydrogen-bond donors (Lipinski definition) is 1. The molecule has 2 rings (SSSR count). The molecule has 0 radical (unpaired) electrons. The molecule has 0 saturated heterocycles. The van der Waals surface area contributed by atoms with Gasteiger partial charge in [-0.15, -0.1) is 0 Å². The molecule has 2 bridgehead atoms. The Morgan fingerprint density at radius 1 is 1.25 bits per heavy atom. The second kappa shape index (κ2) is 4.68. The highest BCUT2D eigenvalue weighted by Gasteiger charge is 2.41. The highest BCUT2D eigenvalue weighted by atomic mass is 14.9. The van der Waals surface area contributed by atoms with E-state index < -0.39 is 0 Å². The second-order valence-corrected chi connectivity index (χ2v) is 7.20. The Kier molecular flexibility index (Phi) is 3.63. The van der Waals surface area contributed by atoms with Crippen LogP contribution in [0.25, 0.3) is 0 Å². The molecule has 4 unspecified atom stereocenters. The molecule has 1 nitrogen and oxygen atoms in total. The highest BCUT2D eigenvalue weighted by molar-refractivity contribution is 4.92. The van der Waals surface area contributed by atoms with Gasteiger partial charge in [0, 0.05) is 6.04 Å². The predicted molar refractivity (Wildman–Crippen MR) is 70.5 cm³/mol. The Hall–Kier alpha value is -0.0400. The van der Waals surface area contributed by atoms with Crippen molar-refractivity contribution in [3.63, 3.8) is 0 Å². The summed E-state index contributed by atoms with van der Waals surface area (Å²) in [7, 11) is 2.08. The first-order valence-electron chi connectivity index (χ1n) is 7.17. The van der Waals surface area contributed by atoms with Gasteiger partial charge in [-0.3, -0.25) is 0 Å². The zero-order chi connectivity index (χ0) is 11.8. The van der Waals surface area contributed by atoms with Crippen LogP contribution < -0.4 is 5.32 Å². The van der Waals surface area contributed by atoms with Crippen LogP contribution in [0.4, 0.5) is 0 Å². The molecule has 0 aromatic heterocycles. The monoisotopic (exact) mass is 223 g/mol. The molecular formula is C15H29N. The summed E-state index contributed by atoms with van der Waals surface area (Å²) in [4.78, 5) is 0. The van der Waals surface area contributed by atoms with E-state index in [1.165, 1.54) is 25.7 Å². The summed E-state index contributed by atoms with van der Waals surface area (Å²) in [5.74, 6) is 3.25. The molecule has 2 saturated carbocycles. The fraction of sp³-hybridized carbons (Fsp3) is 1.00. The van der Waals surface area contributed by atoms with Gasteiger partial charge in [-0.25, -0.2) is 0 Å². The summed E-state index contributed by atoms with van der Waals surface area (Å²) in [6.45, 7) is 7.24. The number of rotatable bonds is 5. The lowest BCUT2D eigenvalue weighted by Crippen LogP contribution is -2.30. The van der Waals surface area contributed by atoms with Crippen molar-refractivity contribution >= 4 is 0 Å². The van der Waals surface area contributed by atoms with Crippen LogP contribution in [0.2, 0.25) is 0 Å². The lowest BCUT2D eigenvalue weighted by atomic mass is 9.73.